The molecular formula is C12H15NO3. The first-order chi connectivity index (χ1) is 7.62. The molecule has 1 N–H and O–H groups in total. The highest BCUT2D eigenvalue weighted by Crippen LogP contribution is 2.52. The largest absolute Gasteiger partial charge is 0.467 e. The van der Waals surface area contributed by atoms with Crippen molar-refractivity contribution in [2.75, 3.05) is 7.11 Å². The van der Waals surface area contributed by atoms with Crippen LogP contribution in [0.15, 0.2) is 18.5 Å². The standard InChI is InChI=1S/C12H15NO3/c1-8-3-6-13-7-9(8)12(4-5-12)10(14)11(15)16-2/h3,6-7,10,14H,4-5H2,1-2H3. The summed E-state index contributed by atoms with van der Waals surface area (Å²) in [6.07, 6.45) is 3.96. The molecule has 1 aliphatic rings. The van der Waals surface area contributed by atoms with Crippen LogP contribution < -0.4 is 0 Å². The van der Waals surface area contributed by atoms with Crippen molar-refractivity contribution < 1.29 is 14.6 Å². The van der Waals surface area contributed by atoms with Gasteiger partial charge in [0.25, 0.3) is 0 Å². The van der Waals surface area contributed by atoms with Crippen LogP contribution in [0.3, 0.4) is 0 Å². The predicted molar refractivity (Wildman–Crippen MR) is 57.9 cm³/mol. The molecule has 1 aromatic rings. The third-order valence-electron chi connectivity index (χ3n) is 3.31. The minimum absolute atomic E-state index is 0.467. The van der Waals surface area contributed by atoms with Crippen LogP contribution >= 0.6 is 0 Å². The second kappa shape index (κ2) is 3.87. The fourth-order valence-electron chi connectivity index (χ4n) is 2.15. The van der Waals surface area contributed by atoms with Crippen LogP contribution in [0.2, 0.25) is 0 Å². The van der Waals surface area contributed by atoms with E-state index in [1.807, 2.05) is 13.0 Å². The van der Waals surface area contributed by atoms with Crippen LogP contribution in [-0.4, -0.2) is 29.3 Å². The van der Waals surface area contributed by atoms with E-state index in [0.717, 1.165) is 24.0 Å². The van der Waals surface area contributed by atoms with Crippen LogP contribution in [0, 0.1) is 6.92 Å². The summed E-state index contributed by atoms with van der Waals surface area (Å²) in [7, 11) is 1.29. The van der Waals surface area contributed by atoms with E-state index in [0.29, 0.717) is 0 Å². The highest BCUT2D eigenvalue weighted by Gasteiger charge is 2.54. The summed E-state index contributed by atoms with van der Waals surface area (Å²) in [4.78, 5) is 15.4. The number of carbonyl (C=O) groups is 1. The highest BCUT2D eigenvalue weighted by atomic mass is 16.5. The van der Waals surface area contributed by atoms with Crippen LogP contribution in [0.4, 0.5) is 0 Å². The van der Waals surface area contributed by atoms with Gasteiger partial charge in [-0.25, -0.2) is 4.79 Å². The number of pyridine rings is 1. The van der Waals surface area contributed by atoms with Crippen molar-refractivity contribution in [1.82, 2.24) is 4.98 Å². The molecule has 1 saturated carbocycles. The van der Waals surface area contributed by atoms with Crippen molar-refractivity contribution >= 4 is 5.97 Å². The lowest BCUT2D eigenvalue weighted by Gasteiger charge is -2.21. The topological polar surface area (TPSA) is 59.4 Å². The quantitative estimate of drug-likeness (QED) is 0.772. The van der Waals surface area contributed by atoms with Gasteiger partial charge in [-0.2, -0.15) is 0 Å². The molecule has 0 bridgehead atoms. The van der Waals surface area contributed by atoms with E-state index in [2.05, 4.69) is 9.72 Å². The summed E-state index contributed by atoms with van der Waals surface area (Å²) in [5, 5.41) is 9.98. The number of esters is 1. The summed E-state index contributed by atoms with van der Waals surface area (Å²) in [5.74, 6) is -0.569. The molecule has 1 aliphatic carbocycles. The number of ether oxygens (including phenoxy) is 1. The minimum Gasteiger partial charge on any atom is -0.467 e. The molecule has 4 heteroatoms. The SMILES string of the molecule is COC(=O)C(O)C1(c2cnccc2C)CC1. The summed E-state index contributed by atoms with van der Waals surface area (Å²) in [6.45, 7) is 1.96. The molecule has 0 amide bonds. The summed E-state index contributed by atoms with van der Waals surface area (Å²) in [5.41, 5.74) is 1.54. The number of carbonyl (C=O) groups excluding carboxylic acids is 1. The predicted octanol–water partition coefficient (Wildman–Crippen LogP) is 0.956. The summed E-state index contributed by atoms with van der Waals surface area (Å²) >= 11 is 0. The average Bonchev–Trinajstić information content (AvgIpc) is 3.09. The van der Waals surface area contributed by atoms with Gasteiger partial charge in [0.1, 0.15) is 0 Å². The molecule has 1 fully saturated rings. The fourth-order valence-corrected chi connectivity index (χ4v) is 2.15. The lowest BCUT2D eigenvalue weighted by molar-refractivity contribution is -0.152. The number of aryl methyl sites for hydroxylation is 1. The van der Waals surface area contributed by atoms with Crippen LogP contribution in [-0.2, 0) is 14.9 Å². The van der Waals surface area contributed by atoms with Gasteiger partial charge >= 0.3 is 5.97 Å². The molecule has 0 spiro atoms. The van der Waals surface area contributed by atoms with Crippen molar-refractivity contribution in [2.45, 2.75) is 31.3 Å². The van der Waals surface area contributed by atoms with Gasteiger partial charge in [-0.1, -0.05) is 0 Å². The zero-order chi connectivity index (χ0) is 11.8. The molecule has 1 aromatic heterocycles. The van der Waals surface area contributed by atoms with Crippen LogP contribution in [0.1, 0.15) is 24.0 Å². The monoisotopic (exact) mass is 221 g/mol. The van der Waals surface area contributed by atoms with Gasteiger partial charge in [-0.05, 0) is 37.0 Å². The first kappa shape index (κ1) is 11.1. The van der Waals surface area contributed by atoms with Crippen molar-refractivity contribution in [3.8, 4) is 0 Å². The fraction of sp³-hybridized carbons (Fsp3) is 0.500. The van der Waals surface area contributed by atoms with Gasteiger partial charge < -0.3 is 9.84 Å². The Hall–Kier alpha value is -1.42. The van der Waals surface area contributed by atoms with E-state index < -0.39 is 17.5 Å². The Kier molecular flexibility index (Phi) is 2.68. The molecule has 2 rings (SSSR count). The maximum absolute atomic E-state index is 11.4. The molecule has 0 saturated heterocycles. The number of aromatic nitrogens is 1. The smallest absolute Gasteiger partial charge is 0.335 e. The second-order valence-corrected chi connectivity index (χ2v) is 4.27. The zero-order valence-corrected chi connectivity index (χ0v) is 9.43. The van der Waals surface area contributed by atoms with Crippen molar-refractivity contribution in [3.05, 3.63) is 29.6 Å². The number of aliphatic hydroxyl groups excluding tert-OH is 1. The van der Waals surface area contributed by atoms with E-state index in [9.17, 15) is 9.90 Å². The Morgan fingerprint density at radius 1 is 1.62 bits per heavy atom. The Labute approximate surface area is 94.3 Å². The Morgan fingerprint density at radius 3 is 2.81 bits per heavy atom. The third-order valence-corrected chi connectivity index (χ3v) is 3.31. The lowest BCUT2D eigenvalue weighted by Crippen LogP contribution is -2.35. The first-order valence-corrected chi connectivity index (χ1v) is 5.29. The molecule has 16 heavy (non-hydrogen) atoms. The van der Waals surface area contributed by atoms with Gasteiger partial charge in [-0.3, -0.25) is 4.98 Å². The van der Waals surface area contributed by atoms with E-state index in [-0.39, 0.29) is 0 Å². The molecule has 0 radical (unpaired) electrons. The molecule has 4 nitrogen and oxygen atoms in total. The van der Waals surface area contributed by atoms with Crippen molar-refractivity contribution in [2.24, 2.45) is 0 Å². The molecule has 0 aliphatic heterocycles. The maximum atomic E-state index is 11.4. The first-order valence-electron chi connectivity index (χ1n) is 5.29. The van der Waals surface area contributed by atoms with Crippen LogP contribution in [0.25, 0.3) is 0 Å². The number of nitrogens with zero attached hydrogens (tertiary/aromatic N) is 1. The van der Waals surface area contributed by atoms with Gasteiger partial charge in [0.05, 0.1) is 7.11 Å². The van der Waals surface area contributed by atoms with E-state index in [1.54, 1.807) is 12.4 Å². The molecule has 1 heterocycles. The van der Waals surface area contributed by atoms with Crippen LogP contribution in [0.5, 0.6) is 0 Å². The molecule has 0 aromatic carbocycles. The lowest BCUT2D eigenvalue weighted by atomic mass is 9.88. The number of hydrogen-bond donors (Lipinski definition) is 1. The van der Waals surface area contributed by atoms with Gasteiger partial charge in [0.2, 0.25) is 0 Å². The van der Waals surface area contributed by atoms with Gasteiger partial charge in [-0.15, -0.1) is 0 Å². The molecular weight excluding hydrogens is 206 g/mol. The van der Waals surface area contributed by atoms with E-state index in [1.165, 1.54) is 7.11 Å². The minimum atomic E-state index is -1.08. The normalized spacial score (nSPS) is 18.9. The van der Waals surface area contributed by atoms with Gasteiger partial charge in [0.15, 0.2) is 6.10 Å². The third kappa shape index (κ3) is 1.59. The summed E-state index contributed by atoms with van der Waals surface area (Å²) in [6, 6.07) is 1.89. The Morgan fingerprint density at radius 2 is 2.31 bits per heavy atom. The molecule has 1 atom stereocenters. The van der Waals surface area contributed by atoms with E-state index in [4.69, 9.17) is 0 Å². The summed E-state index contributed by atoms with van der Waals surface area (Å²) < 4.78 is 4.59. The van der Waals surface area contributed by atoms with Crippen molar-refractivity contribution in [1.29, 1.82) is 0 Å². The Balaban J connectivity index is 2.33. The van der Waals surface area contributed by atoms with Gasteiger partial charge in [0, 0.05) is 17.8 Å². The maximum Gasteiger partial charge on any atom is 0.335 e. The van der Waals surface area contributed by atoms with Crippen molar-refractivity contribution in [3.63, 3.8) is 0 Å². The second-order valence-electron chi connectivity index (χ2n) is 4.27. The zero-order valence-electron chi connectivity index (χ0n) is 9.43. The number of aliphatic hydroxyl groups is 1. The molecule has 86 valence electrons. The highest BCUT2D eigenvalue weighted by molar-refractivity contribution is 5.77. The Bertz CT molecular complexity index is 412. The number of hydrogen-bond acceptors (Lipinski definition) is 4. The number of rotatable bonds is 3. The average molecular weight is 221 g/mol. The number of methoxy groups -OCH3 is 1. The van der Waals surface area contributed by atoms with E-state index >= 15 is 0 Å². The molecule has 1 unspecified atom stereocenters.